The Morgan fingerprint density at radius 2 is 1.94 bits per heavy atom. The number of carbonyl (C=O) groups is 1. The van der Waals surface area contributed by atoms with E-state index in [1.165, 1.54) is 5.56 Å². The standard InChI is InChI=1S/C16H14O2/c1-11-5-4-7-13(9-11)15-10-12-6-2-3-8-14(12)16(17)18-15/h2-9,15H,10H2,1H3. The van der Waals surface area contributed by atoms with E-state index in [4.69, 9.17) is 4.74 Å². The highest BCUT2D eigenvalue weighted by Gasteiger charge is 2.26. The summed E-state index contributed by atoms with van der Waals surface area (Å²) in [6.45, 7) is 2.04. The number of ether oxygens (including phenoxy) is 1. The monoisotopic (exact) mass is 238 g/mol. The fourth-order valence-corrected chi connectivity index (χ4v) is 2.39. The van der Waals surface area contributed by atoms with Crippen LogP contribution in [-0.2, 0) is 11.2 Å². The summed E-state index contributed by atoms with van der Waals surface area (Å²) < 4.78 is 5.51. The van der Waals surface area contributed by atoms with Crippen LogP contribution in [0.4, 0.5) is 0 Å². The zero-order chi connectivity index (χ0) is 12.5. The molecule has 0 N–H and O–H groups in total. The highest BCUT2D eigenvalue weighted by atomic mass is 16.5. The van der Waals surface area contributed by atoms with Crippen LogP contribution >= 0.6 is 0 Å². The predicted molar refractivity (Wildman–Crippen MR) is 69.5 cm³/mol. The second-order valence-corrected chi connectivity index (χ2v) is 4.67. The Balaban J connectivity index is 1.97. The lowest BCUT2D eigenvalue weighted by Gasteiger charge is -2.25. The second-order valence-electron chi connectivity index (χ2n) is 4.67. The van der Waals surface area contributed by atoms with Crippen molar-refractivity contribution in [2.24, 2.45) is 0 Å². The fourth-order valence-electron chi connectivity index (χ4n) is 2.39. The summed E-state index contributed by atoms with van der Waals surface area (Å²) in [5.41, 5.74) is 4.02. The maximum atomic E-state index is 11.9. The van der Waals surface area contributed by atoms with Crippen LogP contribution in [0.2, 0.25) is 0 Å². The molecule has 2 nitrogen and oxygen atoms in total. The molecule has 1 unspecified atom stereocenters. The minimum Gasteiger partial charge on any atom is -0.454 e. The van der Waals surface area contributed by atoms with Gasteiger partial charge in [0.05, 0.1) is 5.56 Å². The lowest BCUT2D eigenvalue weighted by atomic mass is 9.94. The van der Waals surface area contributed by atoms with E-state index in [1.807, 2.05) is 49.4 Å². The molecule has 0 amide bonds. The van der Waals surface area contributed by atoms with E-state index in [9.17, 15) is 4.79 Å². The van der Waals surface area contributed by atoms with Crippen molar-refractivity contribution >= 4 is 5.97 Å². The van der Waals surface area contributed by atoms with Gasteiger partial charge >= 0.3 is 5.97 Å². The molecule has 0 aromatic heterocycles. The molecule has 1 aliphatic rings. The number of rotatable bonds is 1. The zero-order valence-electron chi connectivity index (χ0n) is 10.2. The van der Waals surface area contributed by atoms with Crippen LogP contribution < -0.4 is 0 Å². The minimum atomic E-state index is -0.219. The van der Waals surface area contributed by atoms with Gasteiger partial charge in [0.1, 0.15) is 6.10 Å². The lowest BCUT2D eigenvalue weighted by molar-refractivity contribution is 0.0252. The number of hydrogen-bond acceptors (Lipinski definition) is 2. The van der Waals surface area contributed by atoms with Gasteiger partial charge < -0.3 is 4.74 Å². The van der Waals surface area contributed by atoms with Crippen LogP contribution in [0, 0.1) is 6.92 Å². The third kappa shape index (κ3) is 1.90. The van der Waals surface area contributed by atoms with Gasteiger partial charge in [-0.05, 0) is 24.1 Å². The molecule has 2 heteroatoms. The molecule has 2 aromatic rings. The Kier molecular flexibility index (Phi) is 2.63. The summed E-state index contributed by atoms with van der Waals surface area (Å²) in [6, 6.07) is 15.8. The lowest BCUT2D eigenvalue weighted by Crippen LogP contribution is -2.21. The topological polar surface area (TPSA) is 26.3 Å². The number of hydrogen-bond donors (Lipinski definition) is 0. The van der Waals surface area contributed by atoms with Crippen molar-refractivity contribution in [1.82, 2.24) is 0 Å². The third-order valence-corrected chi connectivity index (χ3v) is 3.31. The Morgan fingerprint density at radius 1 is 1.11 bits per heavy atom. The van der Waals surface area contributed by atoms with Crippen molar-refractivity contribution < 1.29 is 9.53 Å². The van der Waals surface area contributed by atoms with E-state index < -0.39 is 0 Å². The summed E-state index contributed by atoms with van der Waals surface area (Å²) in [4.78, 5) is 11.9. The third-order valence-electron chi connectivity index (χ3n) is 3.31. The number of carbonyl (C=O) groups excluding carboxylic acids is 1. The SMILES string of the molecule is Cc1cccc(C2Cc3ccccc3C(=O)O2)c1. The zero-order valence-corrected chi connectivity index (χ0v) is 10.2. The minimum absolute atomic E-state index is 0.160. The van der Waals surface area contributed by atoms with Crippen LogP contribution in [0.15, 0.2) is 48.5 Å². The van der Waals surface area contributed by atoms with Crippen molar-refractivity contribution in [2.45, 2.75) is 19.4 Å². The molecule has 0 radical (unpaired) electrons. The van der Waals surface area contributed by atoms with Crippen LogP contribution in [0.1, 0.15) is 33.2 Å². The van der Waals surface area contributed by atoms with E-state index >= 15 is 0 Å². The summed E-state index contributed by atoms with van der Waals surface area (Å²) in [5, 5.41) is 0. The smallest absolute Gasteiger partial charge is 0.339 e. The number of esters is 1. The molecule has 1 atom stereocenters. The molecule has 3 rings (SSSR count). The van der Waals surface area contributed by atoms with Gasteiger partial charge in [-0.3, -0.25) is 0 Å². The van der Waals surface area contributed by atoms with E-state index in [0.29, 0.717) is 5.56 Å². The molecular weight excluding hydrogens is 224 g/mol. The number of aryl methyl sites for hydroxylation is 1. The van der Waals surface area contributed by atoms with Crippen molar-refractivity contribution in [2.75, 3.05) is 0 Å². The molecule has 0 saturated carbocycles. The molecule has 1 aliphatic heterocycles. The second kappa shape index (κ2) is 4.30. The van der Waals surface area contributed by atoms with Crippen molar-refractivity contribution in [1.29, 1.82) is 0 Å². The average Bonchev–Trinajstić information content (AvgIpc) is 2.39. The molecule has 0 bridgehead atoms. The van der Waals surface area contributed by atoms with E-state index in [1.54, 1.807) is 0 Å². The molecule has 0 saturated heterocycles. The molecule has 90 valence electrons. The summed E-state index contributed by atoms with van der Waals surface area (Å²) in [5.74, 6) is -0.219. The highest BCUT2D eigenvalue weighted by molar-refractivity contribution is 5.92. The molecule has 18 heavy (non-hydrogen) atoms. The van der Waals surface area contributed by atoms with E-state index in [0.717, 1.165) is 17.5 Å². The van der Waals surface area contributed by atoms with Crippen molar-refractivity contribution in [3.05, 3.63) is 70.8 Å². The Hall–Kier alpha value is -2.09. The largest absolute Gasteiger partial charge is 0.454 e. The van der Waals surface area contributed by atoms with Crippen LogP contribution in [0.3, 0.4) is 0 Å². The van der Waals surface area contributed by atoms with Crippen molar-refractivity contribution in [3.63, 3.8) is 0 Å². The first-order chi connectivity index (χ1) is 8.74. The fraction of sp³-hybridized carbons (Fsp3) is 0.188. The Morgan fingerprint density at radius 3 is 2.78 bits per heavy atom. The summed E-state index contributed by atoms with van der Waals surface area (Å²) >= 11 is 0. The number of benzene rings is 2. The van der Waals surface area contributed by atoms with Gasteiger partial charge in [0.25, 0.3) is 0 Å². The van der Waals surface area contributed by atoms with Crippen molar-refractivity contribution in [3.8, 4) is 0 Å². The molecule has 0 fully saturated rings. The van der Waals surface area contributed by atoms with Crippen LogP contribution in [0.5, 0.6) is 0 Å². The molecule has 2 aromatic carbocycles. The first-order valence-corrected chi connectivity index (χ1v) is 6.09. The summed E-state index contributed by atoms with van der Waals surface area (Å²) in [7, 11) is 0. The van der Waals surface area contributed by atoms with Gasteiger partial charge in [-0.1, -0.05) is 48.0 Å². The van der Waals surface area contributed by atoms with Gasteiger partial charge in [-0.15, -0.1) is 0 Å². The first kappa shape index (κ1) is 11.0. The maximum absolute atomic E-state index is 11.9. The van der Waals surface area contributed by atoms with Gasteiger partial charge in [0, 0.05) is 6.42 Å². The number of fused-ring (bicyclic) bond motifs is 1. The van der Waals surface area contributed by atoms with Crippen LogP contribution in [-0.4, -0.2) is 5.97 Å². The van der Waals surface area contributed by atoms with Crippen LogP contribution in [0.25, 0.3) is 0 Å². The molecule has 1 heterocycles. The maximum Gasteiger partial charge on any atom is 0.339 e. The molecule has 0 spiro atoms. The predicted octanol–water partition coefficient (Wildman–Crippen LogP) is 3.45. The van der Waals surface area contributed by atoms with Gasteiger partial charge in [-0.25, -0.2) is 4.79 Å². The highest BCUT2D eigenvalue weighted by Crippen LogP contribution is 2.30. The van der Waals surface area contributed by atoms with E-state index in [2.05, 4.69) is 6.07 Å². The summed E-state index contributed by atoms with van der Waals surface area (Å²) in [6.07, 6.45) is 0.595. The van der Waals surface area contributed by atoms with E-state index in [-0.39, 0.29) is 12.1 Å². The van der Waals surface area contributed by atoms with Gasteiger partial charge in [0.15, 0.2) is 0 Å². The van der Waals surface area contributed by atoms with Gasteiger partial charge in [-0.2, -0.15) is 0 Å². The Bertz CT molecular complexity index is 602. The average molecular weight is 238 g/mol. The number of cyclic esters (lactones) is 1. The van der Waals surface area contributed by atoms with Gasteiger partial charge in [0.2, 0.25) is 0 Å². The molecular formula is C16H14O2. The quantitative estimate of drug-likeness (QED) is 0.711. The molecule has 0 aliphatic carbocycles. The normalized spacial score (nSPS) is 18.1. The Labute approximate surface area is 106 Å². The first-order valence-electron chi connectivity index (χ1n) is 6.09.